The summed E-state index contributed by atoms with van der Waals surface area (Å²) in [4.78, 5) is 40.9. The van der Waals surface area contributed by atoms with Crippen molar-refractivity contribution in [2.75, 3.05) is 7.05 Å². The largest absolute Gasteiger partial charge is 0.341 e. The van der Waals surface area contributed by atoms with Crippen molar-refractivity contribution in [2.24, 2.45) is 0 Å². The van der Waals surface area contributed by atoms with Crippen molar-refractivity contribution in [3.8, 4) is 0 Å². The molecule has 1 heterocycles. The molecule has 0 bridgehead atoms. The highest BCUT2D eigenvalue weighted by Gasteiger charge is 2.13. The predicted molar refractivity (Wildman–Crippen MR) is 114 cm³/mol. The lowest BCUT2D eigenvalue weighted by atomic mass is 10.0. The molecule has 0 aliphatic heterocycles. The van der Waals surface area contributed by atoms with E-state index in [1.165, 1.54) is 4.57 Å². The second-order valence-corrected chi connectivity index (χ2v) is 7.07. The Labute approximate surface area is 167 Å². The van der Waals surface area contributed by atoms with E-state index in [0.717, 1.165) is 16.3 Å². The highest BCUT2D eigenvalue weighted by molar-refractivity contribution is 5.86. The summed E-state index contributed by atoms with van der Waals surface area (Å²) in [6, 6.07) is 21.0. The first kappa shape index (κ1) is 18.7. The monoisotopic (exact) mass is 387 g/mol. The molecule has 146 valence electrons. The van der Waals surface area contributed by atoms with Gasteiger partial charge in [0.2, 0.25) is 5.91 Å². The molecule has 0 unspecified atom stereocenters. The molecule has 0 saturated heterocycles. The van der Waals surface area contributed by atoms with Gasteiger partial charge in [0.25, 0.3) is 5.56 Å². The van der Waals surface area contributed by atoms with Gasteiger partial charge in [0.1, 0.15) is 0 Å². The molecule has 0 atom stereocenters. The first-order valence-corrected chi connectivity index (χ1v) is 9.47. The SMILES string of the molecule is CN(Cc1cccc2ccccc12)C(=O)CCn1c(=O)[nH]c(=O)c2ccccc21. The number of carbonyl (C=O) groups excluding carboxylic acids is 1. The smallest absolute Gasteiger partial charge is 0.328 e. The van der Waals surface area contributed by atoms with Crippen molar-refractivity contribution in [1.29, 1.82) is 0 Å². The van der Waals surface area contributed by atoms with E-state index in [9.17, 15) is 14.4 Å². The molecule has 3 aromatic carbocycles. The molecule has 6 heteroatoms. The standard InChI is InChI=1S/C23H21N3O3/c1-25(15-17-9-6-8-16-7-2-3-10-18(16)17)21(27)13-14-26-20-12-5-4-11-19(20)22(28)24-23(26)29/h2-12H,13-15H2,1H3,(H,24,28,29). The molecule has 4 aromatic rings. The van der Waals surface area contributed by atoms with E-state index in [4.69, 9.17) is 0 Å². The van der Waals surface area contributed by atoms with E-state index < -0.39 is 11.2 Å². The number of aryl methyl sites for hydroxylation is 1. The number of rotatable bonds is 5. The number of amides is 1. The summed E-state index contributed by atoms with van der Waals surface area (Å²) < 4.78 is 1.44. The van der Waals surface area contributed by atoms with Gasteiger partial charge in [-0.1, -0.05) is 54.6 Å². The van der Waals surface area contributed by atoms with Crippen LogP contribution in [-0.4, -0.2) is 27.4 Å². The maximum absolute atomic E-state index is 12.7. The number of H-pyrrole nitrogens is 1. The van der Waals surface area contributed by atoms with E-state index >= 15 is 0 Å². The number of carbonyl (C=O) groups is 1. The summed E-state index contributed by atoms with van der Waals surface area (Å²) >= 11 is 0. The maximum Gasteiger partial charge on any atom is 0.328 e. The lowest BCUT2D eigenvalue weighted by Crippen LogP contribution is -2.33. The first-order chi connectivity index (χ1) is 14.0. The fourth-order valence-electron chi connectivity index (χ4n) is 3.64. The molecule has 0 spiro atoms. The number of nitrogens with zero attached hydrogens (tertiary/aromatic N) is 2. The topological polar surface area (TPSA) is 75.2 Å². The minimum absolute atomic E-state index is 0.0693. The number of hydrogen-bond acceptors (Lipinski definition) is 3. The van der Waals surface area contributed by atoms with Gasteiger partial charge in [-0.2, -0.15) is 0 Å². The number of nitrogens with one attached hydrogen (secondary N) is 1. The summed E-state index contributed by atoms with van der Waals surface area (Å²) in [5, 5.41) is 2.69. The fourth-order valence-corrected chi connectivity index (χ4v) is 3.64. The number of para-hydroxylation sites is 1. The molecule has 1 aromatic heterocycles. The van der Waals surface area contributed by atoms with Crippen LogP contribution in [0.1, 0.15) is 12.0 Å². The average molecular weight is 387 g/mol. The van der Waals surface area contributed by atoms with Crippen molar-refractivity contribution in [1.82, 2.24) is 14.5 Å². The molecular weight excluding hydrogens is 366 g/mol. The van der Waals surface area contributed by atoms with Crippen LogP contribution in [0, 0.1) is 0 Å². The van der Waals surface area contributed by atoms with Crippen molar-refractivity contribution in [2.45, 2.75) is 19.5 Å². The van der Waals surface area contributed by atoms with Crippen molar-refractivity contribution in [3.63, 3.8) is 0 Å². The van der Waals surface area contributed by atoms with Crippen LogP contribution in [0.4, 0.5) is 0 Å². The van der Waals surface area contributed by atoms with Gasteiger partial charge in [0.05, 0.1) is 10.9 Å². The second-order valence-electron chi connectivity index (χ2n) is 7.07. The molecule has 1 amide bonds. The van der Waals surface area contributed by atoms with Crippen LogP contribution in [0.25, 0.3) is 21.7 Å². The Bertz CT molecular complexity index is 1320. The lowest BCUT2D eigenvalue weighted by Gasteiger charge is -2.19. The zero-order valence-corrected chi connectivity index (χ0v) is 16.1. The predicted octanol–water partition coefficient (Wildman–Crippen LogP) is 2.89. The Morgan fingerprint density at radius 2 is 1.62 bits per heavy atom. The van der Waals surface area contributed by atoms with Crippen LogP contribution in [-0.2, 0) is 17.9 Å². The Kier molecular flexibility index (Phi) is 4.99. The zero-order valence-electron chi connectivity index (χ0n) is 16.1. The summed E-state index contributed by atoms with van der Waals surface area (Å²) in [6.07, 6.45) is 0.164. The van der Waals surface area contributed by atoms with Crippen LogP contribution in [0.5, 0.6) is 0 Å². The van der Waals surface area contributed by atoms with Gasteiger partial charge in [0.15, 0.2) is 0 Å². The van der Waals surface area contributed by atoms with Crippen LogP contribution in [0.15, 0.2) is 76.3 Å². The summed E-state index contributed by atoms with van der Waals surface area (Å²) in [5.41, 5.74) is 0.691. The molecule has 6 nitrogen and oxygen atoms in total. The van der Waals surface area contributed by atoms with E-state index in [-0.39, 0.29) is 18.9 Å². The molecule has 0 aliphatic rings. The van der Waals surface area contributed by atoms with E-state index in [1.807, 2.05) is 36.4 Å². The summed E-state index contributed by atoms with van der Waals surface area (Å²) in [7, 11) is 1.76. The van der Waals surface area contributed by atoms with Crippen molar-refractivity contribution >= 4 is 27.6 Å². The third-order valence-electron chi connectivity index (χ3n) is 5.17. The highest BCUT2D eigenvalue weighted by Crippen LogP contribution is 2.20. The third-order valence-corrected chi connectivity index (χ3v) is 5.17. The number of hydrogen-bond donors (Lipinski definition) is 1. The molecule has 0 fully saturated rings. The van der Waals surface area contributed by atoms with Crippen molar-refractivity contribution in [3.05, 3.63) is 93.1 Å². The molecule has 4 rings (SSSR count). The zero-order chi connectivity index (χ0) is 20.4. The first-order valence-electron chi connectivity index (χ1n) is 9.47. The van der Waals surface area contributed by atoms with E-state index in [2.05, 4.69) is 11.1 Å². The highest BCUT2D eigenvalue weighted by atomic mass is 16.2. The molecule has 0 radical (unpaired) electrons. The number of fused-ring (bicyclic) bond motifs is 2. The molecular formula is C23H21N3O3. The van der Waals surface area contributed by atoms with Gasteiger partial charge in [-0.3, -0.25) is 19.1 Å². The second kappa shape index (κ2) is 7.75. The van der Waals surface area contributed by atoms with Gasteiger partial charge in [-0.05, 0) is 28.5 Å². The minimum atomic E-state index is -0.502. The lowest BCUT2D eigenvalue weighted by molar-refractivity contribution is -0.130. The summed E-state index contributed by atoms with van der Waals surface area (Å²) in [5.74, 6) is -0.0693. The molecule has 0 aliphatic carbocycles. The maximum atomic E-state index is 12.7. The molecule has 0 saturated carbocycles. The third kappa shape index (κ3) is 3.69. The van der Waals surface area contributed by atoms with Crippen LogP contribution in [0.2, 0.25) is 0 Å². The van der Waals surface area contributed by atoms with Crippen LogP contribution in [0.3, 0.4) is 0 Å². The fraction of sp³-hybridized carbons (Fsp3) is 0.174. The van der Waals surface area contributed by atoms with Gasteiger partial charge in [-0.15, -0.1) is 0 Å². The molecule has 29 heavy (non-hydrogen) atoms. The summed E-state index contributed by atoms with van der Waals surface area (Å²) in [6.45, 7) is 0.691. The normalized spacial score (nSPS) is 11.1. The van der Waals surface area contributed by atoms with Crippen molar-refractivity contribution < 1.29 is 4.79 Å². The Balaban J connectivity index is 1.52. The quantitative estimate of drug-likeness (QED) is 0.572. The van der Waals surface area contributed by atoms with Gasteiger partial charge in [-0.25, -0.2) is 4.79 Å². The van der Waals surface area contributed by atoms with Gasteiger partial charge in [0, 0.05) is 26.6 Å². The number of aromatic nitrogens is 2. The Morgan fingerprint density at radius 1 is 0.931 bits per heavy atom. The Morgan fingerprint density at radius 3 is 2.45 bits per heavy atom. The molecule has 1 N–H and O–H groups in total. The number of benzene rings is 3. The minimum Gasteiger partial charge on any atom is -0.341 e. The number of aromatic amines is 1. The Hall–Kier alpha value is -3.67. The van der Waals surface area contributed by atoms with Crippen LogP contribution >= 0.6 is 0 Å². The van der Waals surface area contributed by atoms with E-state index in [1.54, 1.807) is 36.2 Å². The van der Waals surface area contributed by atoms with Crippen LogP contribution < -0.4 is 11.2 Å². The average Bonchev–Trinajstić information content (AvgIpc) is 2.73. The van der Waals surface area contributed by atoms with E-state index in [0.29, 0.717) is 17.4 Å². The van der Waals surface area contributed by atoms with Gasteiger partial charge >= 0.3 is 5.69 Å². The van der Waals surface area contributed by atoms with Gasteiger partial charge < -0.3 is 4.90 Å².